The predicted octanol–water partition coefficient (Wildman–Crippen LogP) is 4.13. The van der Waals surface area contributed by atoms with Crippen LogP contribution in [0.1, 0.15) is 23.7 Å². The SMILES string of the molecule is COC(=O)CC(C)C(Oc1ccccc1I)C(=O)c1ccc(OC)cc1. The van der Waals surface area contributed by atoms with E-state index < -0.39 is 6.10 Å². The second-order valence-electron chi connectivity index (χ2n) is 5.82. The summed E-state index contributed by atoms with van der Waals surface area (Å²) >= 11 is 2.15. The van der Waals surface area contributed by atoms with Gasteiger partial charge in [0.2, 0.25) is 5.78 Å². The van der Waals surface area contributed by atoms with Crippen LogP contribution in [0.5, 0.6) is 11.5 Å². The lowest BCUT2D eigenvalue weighted by molar-refractivity contribution is -0.142. The van der Waals surface area contributed by atoms with E-state index in [0.29, 0.717) is 17.1 Å². The average Bonchev–Trinajstić information content (AvgIpc) is 2.66. The summed E-state index contributed by atoms with van der Waals surface area (Å²) < 4.78 is 16.8. The molecule has 26 heavy (non-hydrogen) atoms. The first-order valence-electron chi connectivity index (χ1n) is 8.12. The van der Waals surface area contributed by atoms with Gasteiger partial charge in [-0.2, -0.15) is 0 Å². The predicted molar refractivity (Wildman–Crippen MR) is 107 cm³/mol. The Kier molecular flexibility index (Phi) is 7.44. The van der Waals surface area contributed by atoms with Gasteiger partial charge in [0.25, 0.3) is 0 Å². The summed E-state index contributed by atoms with van der Waals surface area (Å²) in [7, 11) is 2.90. The molecule has 2 atom stereocenters. The molecule has 138 valence electrons. The summed E-state index contributed by atoms with van der Waals surface area (Å²) in [6, 6.07) is 14.3. The van der Waals surface area contributed by atoms with Gasteiger partial charge in [0.05, 0.1) is 24.2 Å². The van der Waals surface area contributed by atoms with Crippen molar-refractivity contribution < 1.29 is 23.8 Å². The van der Waals surface area contributed by atoms with E-state index in [1.165, 1.54) is 7.11 Å². The summed E-state index contributed by atoms with van der Waals surface area (Å²) in [6.07, 6.45) is -0.717. The van der Waals surface area contributed by atoms with Crippen molar-refractivity contribution in [2.75, 3.05) is 14.2 Å². The fraction of sp³-hybridized carbons (Fsp3) is 0.300. The number of carbonyl (C=O) groups is 2. The van der Waals surface area contributed by atoms with Gasteiger partial charge in [0, 0.05) is 11.5 Å². The first kappa shape index (κ1) is 20.2. The molecule has 0 saturated heterocycles. The van der Waals surface area contributed by atoms with E-state index in [4.69, 9.17) is 14.2 Å². The highest BCUT2D eigenvalue weighted by molar-refractivity contribution is 14.1. The van der Waals surface area contributed by atoms with Crippen LogP contribution in [0.15, 0.2) is 48.5 Å². The summed E-state index contributed by atoms with van der Waals surface area (Å²) in [5.74, 6) is 0.351. The highest BCUT2D eigenvalue weighted by Gasteiger charge is 2.30. The Morgan fingerprint density at radius 2 is 1.69 bits per heavy atom. The van der Waals surface area contributed by atoms with Crippen molar-refractivity contribution in [3.8, 4) is 11.5 Å². The first-order chi connectivity index (χ1) is 12.5. The van der Waals surface area contributed by atoms with E-state index in [9.17, 15) is 9.59 Å². The molecular weight excluding hydrogens is 447 g/mol. The number of halogens is 1. The first-order valence-corrected chi connectivity index (χ1v) is 9.20. The monoisotopic (exact) mass is 468 g/mol. The quantitative estimate of drug-likeness (QED) is 0.331. The van der Waals surface area contributed by atoms with Crippen LogP contribution in [0.3, 0.4) is 0 Å². The molecule has 6 heteroatoms. The Balaban J connectivity index is 2.30. The van der Waals surface area contributed by atoms with Gasteiger partial charge in [-0.05, 0) is 59.0 Å². The number of benzene rings is 2. The van der Waals surface area contributed by atoms with Crippen molar-refractivity contribution in [2.24, 2.45) is 5.92 Å². The number of methoxy groups -OCH3 is 2. The molecule has 0 fully saturated rings. The van der Waals surface area contributed by atoms with Gasteiger partial charge in [-0.25, -0.2) is 0 Å². The molecule has 0 aliphatic rings. The summed E-state index contributed by atoms with van der Waals surface area (Å²) in [4.78, 5) is 24.7. The Morgan fingerprint density at radius 1 is 1.04 bits per heavy atom. The molecule has 0 bridgehead atoms. The van der Waals surface area contributed by atoms with Crippen molar-refractivity contribution in [1.29, 1.82) is 0 Å². The van der Waals surface area contributed by atoms with Crippen LogP contribution < -0.4 is 9.47 Å². The zero-order valence-electron chi connectivity index (χ0n) is 14.9. The molecule has 0 spiro atoms. The van der Waals surface area contributed by atoms with Crippen LogP contribution in [0, 0.1) is 9.49 Å². The molecule has 0 saturated carbocycles. The molecule has 0 radical (unpaired) electrons. The maximum absolute atomic E-state index is 13.1. The van der Waals surface area contributed by atoms with Crippen LogP contribution >= 0.6 is 22.6 Å². The molecule has 2 rings (SSSR count). The van der Waals surface area contributed by atoms with Gasteiger partial charge < -0.3 is 14.2 Å². The fourth-order valence-corrected chi connectivity index (χ4v) is 2.99. The van der Waals surface area contributed by atoms with E-state index in [1.807, 2.05) is 18.2 Å². The molecule has 0 amide bonds. The zero-order valence-corrected chi connectivity index (χ0v) is 17.1. The molecular formula is C20H21IO5. The number of carbonyl (C=O) groups excluding carboxylic acids is 2. The van der Waals surface area contributed by atoms with Gasteiger partial charge in [0.1, 0.15) is 11.5 Å². The van der Waals surface area contributed by atoms with Crippen molar-refractivity contribution in [3.05, 3.63) is 57.7 Å². The summed E-state index contributed by atoms with van der Waals surface area (Å²) in [6.45, 7) is 1.80. The van der Waals surface area contributed by atoms with Crippen molar-refractivity contribution in [2.45, 2.75) is 19.4 Å². The van der Waals surface area contributed by atoms with Crippen LogP contribution in [0.2, 0.25) is 0 Å². The van der Waals surface area contributed by atoms with Crippen LogP contribution in [-0.2, 0) is 9.53 Å². The van der Waals surface area contributed by atoms with E-state index in [0.717, 1.165) is 3.57 Å². The van der Waals surface area contributed by atoms with Crippen LogP contribution in [-0.4, -0.2) is 32.1 Å². The molecule has 0 heterocycles. The topological polar surface area (TPSA) is 61.8 Å². The van der Waals surface area contributed by atoms with Crippen molar-refractivity contribution >= 4 is 34.3 Å². The number of rotatable bonds is 8. The molecule has 2 aromatic carbocycles. The highest BCUT2D eigenvalue weighted by Crippen LogP contribution is 2.26. The van der Waals surface area contributed by atoms with Gasteiger partial charge in [-0.1, -0.05) is 19.1 Å². The van der Waals surface area contributed by atoms with Gasteiger partial charge in [0.15, 0.2) is 6.10 Å². The van der Waals surface area contributed by atoms with Gasteiger partial charge in [-0.15, -0.1) is 0 Å². The molecule has 2 aromatic rings. The number of esters is 1. The second-order valence-corrected chi connectivity index (χ2v) is 6.98. The normalized spacial score (nSPS) is 12.8. The Hall–Kier alpha value is -2.09. The average molecular weight is 468 g/mol. The number of hydrogen-bond donors (Lipinski definition) is 0. The lowest BCUT2D eigenvalue weighted by atomic mass is 9.93. The lowest BCUT2D eigenvalue weighted by Gasteiger charge is -2.24. The van der Waals surface area contributed by atoms with Crippen molar-refractivity contribution in [1.82, 2.24) is 0 Å². The molecule has 0 aliphatic heterocycles. The number of hydrogen-bond acceptors (Lipinski definition) is 5. The lowest BCUT2D eigenvalue weighted by Crippen LogP contribution is -2.35. The van der Waals surface area contributed by atoms with E-state index in [1.54, 1.807) is 44.4 Å². The Morgan fingerprint density at radius 3 is 2.27 bits per heavy atom. The van der Waals surface area contributed by atoms with E-state index in [-0.39, 0.29) is 24.1 Å². The zero-order chi connectivity index (χ0) is 19.1. The molecule has 5 nitrogen and oxygen atoms in total. The number of para-hydroxylation sites is 1. The molecule has 2 unspecified atom stereocenters. The number of ether oxygens (including phenoxy) is 3. The molecule has 0 N–H and O–H groups in total. The minimum atomic E-state index is -0.807. The third-order valence-corrected chi connectivity index (χ3v) is 4.85. The third-order valence-electron chi connectivity index (χ3n) is 3.96. The van der Waals surface area contributed by atoms with E-state index in [2.05, 4.69) is 22.6 Å². The third kappa shape index (κ3) is 5.20. The Bertz CT molecular complexity index is 757. The maximum atomic E-state index is 13.1. The minimum Gasteiger partial charge on any atom is -0.497 e. The highest BCUT2D eigenvalue weighted by atomic mass is 127. The smallest absolute Gasteiger partial charge is 0.305 e. The largest absolute Gasteiger partial charge is 0.497 e. The van der Waals surface area contributed by atoms with Gasteiger partial charge in [-0.3, -0.25) is 9.59 Å². The van der Waals surface area contributed by atoms with Crippen LogP contribution in [0.25, 0.3) is 0 Å². The molecule has 0 aliphatic carbocycles. The fourth-order valence-electron chi connectivity index (χ4n) is 2.48. The summed E-state index contributed by atoms with van der Waals surface area (Å²) in [5, 5.41) is 0. The maximum Gasteiger partial charge on any atom is 0.305 e. The molecule has 0 aromatic heterocycles. The van der Waals surface area contributed by atoms with Crippen LogP contribution in [0.4, 0.5) is 0 Å². The second kappa shape index (κ2) is 9.56. The summed E-state index contributed by atoms with van der Waals surface area (Å²) in [5.41, 5.74) is 0.499. The minimum absolute atomic E-state index is 0.0898. The number of ketones is 1. The van der Waals surface area contributed by atoms with E-state index >= 15 is 0 Å². The standard InChI is InChI=1S/C20H21IO5/c1-13(12-18(22)25-3)20(26-17-7-5-4-6-16(17)21)19(23)14-8-10-15(24-2)11-9-14/h4-11,13,20H,12H2,1-3H3. The Labute approximate surface area is 166 Å². The number of Topliss-reactive ketones (excluding diaryl/α,β-unsaturated/α-hetero) is 1. The van der Waals surface area contributed by atoms with Gasteiger partial charge >= 0.3 is 5.97 Å². The van der Waals surface area contributed by atoms with Crippen molar-refractivity contribution in [3.63, 3.8) is 0 Å².